The predicted octanol–water partition coefficient (Wildman–Crippen LogP) is 1.42. The fourth-order valence-electron chi connectivity index (χ4n) is 2.09. The second-order valence-electron chi connectivity index (χ2n) is 4.24. The van der Waals surface area contributed by atoms with Crippen LogP contribution in [0, 0.1) is 5.21 Å². The molecule has 0 amide bonds. The van der Waals surface area contributed by atoms with Crippen LogP contribution in [0.2, 0.25) is 0 Å². The van der Waals surface area contributed by atoms with Crippen LogP contribution in [0.4, 0.5) is 0 Å². The summed E-state index contributed by atoms with van der Waals surface area (Å²) in [6, 6.07) is 8.41. The van der Waals surface area contributed by atoms with Crippen molar-refractivity contribution in [1.82, 2.24) is 0 Å². The Morgan fingerprint density at radius 2 is 2.24 bits per heavy atom. The predicted molar refractivity (Wildman–Crippen MR) is 66.0 cm³/mol. The number of hydrogen-bond acceptors (Lipinski definition) is 2. The maximum atomic E-state index is 10.3. The highest BCUT2D eigenvalue weighted by molar-refractivity contribution is 5.78. The fourth-order valence-corrected chi connectivity index (χ4v) is 2.09. The van der Waals surface area contributed by atoms with E-state index in [1.54, 1.807) is 0 Å². The maximum absolute atomic E-state index is 10.3. The lowest BCUT2D eigenvalue weighted by molar-refractivity contribution is -0.723. The lowest BCUT2D eigenvalue weighted by Gasteiger charge is -2.11. The molecule has 2 rings (SSSR count). The van der Waals surface area contributed by atoms with Crippen molar-refractivity contribution in [1.29, 1.82) is 0 Å². The summed E-state index contributed by atoms with van der Waals surface area (Å²) in [6.07, 6.45) is 5.97. The van der Waals surface area contributed by atoms with Gasteiger partial charge in [-0.1, -0.05) is 18.2 Å². The van der Waals surface area contributed by atoms with E-state index in [0.717, 1.165) is 25.9 Å². The topological polar surface area (TPSA) is 49.3 Å². The van der Waals surface area contributed by atoms with Crippen molar-refractivity contribution in [2.45, 2.75) is 19.3 Å². The van der Waals surface area contributed by atoms with Crippen molar-refractivity contribution in [3.05, 3.63) is 40.6 Å². The highest BCUT2D eigenvalue weighted by Gasteiger charge is 2.14. The Bertz CT molecular complexity index is 448. The van der Waals surface area contributed by atoms with Gasteiger partial charge in [0.2, 0.25) is 6.21 Å². The number of fused-ring (bicyclic) bond motifs is 1. The molecule has 0 spiro atoms. The van der Waals surface area contributed by atoms with E-state index in [1.807, 2.05) is 6.07 Å². The van der Waals surface area contributed by atoms with Gasteiger partial charge in [0.05, 0.1) is 0 Å². The standard InChI is InChI=1S/C13H17N2O2/c16-15(17)9-4-3-8-14-10-7-12-5-1-2-6-13(12)11-14/h1-2,5-6,9,11H,3-4,7-8,10H2,(H,16,17)/q+1. The summed E-state index contributed by atoms with van der Waals surface area (Å²) in [4.78, 5) is -0.116. The summed E-state index contributed by atoms with van der Waals surface area (Å²) in [5, 5.41) is 18.7. The molecule has 0 radical (unpaired) electrons. The molecule has 0 bridgehead atoms. The van der Waals surface area contributed by atoms with E-state index in [4.69, 9.17) is 5.21 Å². The monoisotopic (exact) mass is 233 g/mol. The van der Waals surface area contributed by atoms with Crippen molar-refractivity contribution in [3.8, 4) is 0 Å². The highest BCUT2D eigenvalue weighted by atomic mass is 16.8. The number of rotatable bonds is 4. The van der Waals surface area contributed by atoms with Gasteiger partial charge < -0.3 is 5.21 Å². The van der Waals surface area contributed by atoms with Crippen LogP contribution >= 0.6 is 0 Å². The lowest BCUT2D eigenvalue weighted by Crippen LogP contribution is -2.23. The Kier molecular flexibility index (Phi) is 3.75. The van der Waals surface area contributed by atoms with Crippen LogP contribution < -0.4 is 0 Å². The molecule has 0 saturated heterocycles. The smallest absolute Gasteiger partial charge is 0.210 e. The molecule has 90 valence electrons. The quantitative estimate of drug-likeness (QED) is 0.213. The van der Waals surface area contributed by atoms with Gasteiger partial charge in [-0.2, -0.15) is 0 Å². The molecule has 4 heteroatoms. The summed E-state index contributed by atoms with van der Waals surface area (Å²) in [5.41, 5.74) is 2.69. The van der Waals surface area contributed by atoms with Crippen LogP contribution in [0.25, 0.3) is 0 Å². The van der Waals surface area contributed by atoms with Gasteiger partial charge >= 0.3 is 0 Å². The molecule has 1 aliphatic heterocycles. The molecule has 1 aromatic carbocycles. The van der Waals surface area contributed by atoms with E-state index in [1.165, 1.54) is 17.3 Å². The minimum atomic E-state index is -0.116. The Balaban J connectivity index is 1.92. The van der Waals surface area contributed by atoms with Gasteiger partial charge in [-0.3, -0.25) is 5.21 Å². The Morgan fingerprint density at radius 1 is 1.41 bits per heavy atom. The van der Waals surface area contributed by atoms with Crippen molar-refractivity contribution >= 4 is 12.4 Å². The Labute approximate surface area is 101 Å². The molecule has 1 aliphatic rings. The van der Waals surface area contributed by atoms with E-state index in [2.05, 4.69) is 29.0 Å². The number of hydrogen-bond donors (Lipinski definition) is 1. The zero-order valence-electron chi connectivity index (χ0n) is 9.75. The van der Waals surface area contributed by atoms with Crippen molar-refractivity contribution in [2.75, 3.05) is 13.1 Å². The molecule has 0 saturated carbocycles. The van der Waals surface area contributed by atoms with E-state index in [0.29, 0.717) is 6.42 Å². The summed E-state index contributed by atoms with van der Waals surface area (Å²) in [5.74, 6) is 0. The van der Waals surface area contributed by atoms with E-state index >= 15 is 0 Å². The van der Waals surface area contributed by atoms with Gasteiger partial charge in [0.15, 0.2) is 6.21 Å². The molecule has 0 fully saturated rings. The molecule has 0 aromatic heterocycles. The third kappa shape index (κ3) is 3.31. The molecule has 0 aliphatic carbocycles. The van der Waals surface area contributed by atoms with Gasteiger partial charge in [0.1, 0.15) is 13.1 Å². The first kappa shape index (κ1) is 11.6. The van der Waals surface area contributed by atoms with E-state index in [-0.39, 0.29) is 4.90 Å². The van der Waals surface area contributed by atoms with Crippen molar-refractivity contribution in [3.63, 3.8) is 0 Å². The Morgan fingerprint density at radius 3 is 3.06 bits per heavy atom. The molecule has 1 heterocycles. The molecule has 0 unspecified atom stereocenters. The second-order valence-corrected chi connectivity index (χ2v) is 4.24. The van der Waals surface area contributed by atoms with Gasteiger partial charge in [-0.05, 0) is 11.6 Å². The molecule has 1 aromatic rings. The fraction of sp³-hybridized carbons (Fsp3) is 0.385. The summed E-state index contributed by atoms with van der Waals surface area (Å²) in [7, 11) is 0. The SMILES string of the molecule is [O-]/[N+](O)=C/CCC[N+]1=Cc2ccccc2CC1. The van der Waals surface area contributed by atoms with Crippen LogP contribution in [0.15, 0.2) is 24.3 Å². The average Bonchev–Trinajstić information content (AvgIpc) is 2.34. The Hall–Kier alpha value is -1.84. The van der Waals surface area contributed by atoms with Crippen LogP contribution in [0.1, 0.15) is 24.0 Å². The van der Waals surface area contributed by atoms with E-state index in [9.17, 15) is 5.21 Å². The van der Waals surface area contributed by atoms with Crippen molar-refractivity contribution < 1.29 is 14.7 Å². The summed E-state index contributed by atoms with van der Waals surface area (Å²) >= 11 is 0. The van der Waals surface area contributed by atoms with Gasteiger partial charge in [-0.25, -0.2) is 4.58 Å². The first-order chi connectivity index (χ1) is 8.25. The lowest BCUT2D eigenvalue weighted by atomic mass is 10.0. The minimum Gasteiger partial charge on any atom is -0.418 e. The third-order valence-corrected chi connectivity index (χ3v) is 2.98. The molecular weight excluding hydrogens is 216 g/mol. The van der Waals surface area contributed by atoms with Gasteiger partial charge in [-0.15, -0.1) is 0 Å². The average molecular weight is 233 g/mol. The second kappa shape index (κ2) is 5.48. The van der Waals surface area contributed by atoms with Crippen LogP contribution in [-0.2, 0) is 6.42 Å². The first-order valence-corrected chi connectivity index (χ1v) is 5.91. The normalized spacial score (nSPS) is 15.3. The molecular formula is C13H17N2O2+. The summed E-state index contributed by atoms with van der Waals surface area (Å²) in [6.45, 7) is 1.94. The van der Waals surface area contributed by atoms with Crippen LogP contribution in [-0.4, -0.2) is 40.2 Å². The molecule has 4 nitrogen and oxygen atoms in total. The van der Waals surface area contributed by atoms with Crippen molar-refractivity contribution in [2.24, 2.45) is 0 Å². The number of unbranched alkanes of at least 4 members (excludes halogenated alkanes) is 1. The summed E-state index contributed by atoms with van der Waals surface area (Å²) < 4.78 is 2.27. The zero-order chi connectivity index (χ0) is 12.1. The van der Waals surface area contributed by atoms with Gasteiger partial charge in [0, 0.05) is 29.7 Å². The first-order valence-electron chi connectivity index (χ1n) is 5.91. The minimum absolute atomic E-state index is 0.116. The zero-order valence-corrected chi connectivity index (χ0v) is 9.75. The number of benzene rings is 1. The third-order valence-electron chi connectivity index (χ3n) is 2.98. The molecule has 1 N–H and O–H groups in total. The number of nitrogens with zero attached hydrogens (tertiary/aromatic N) is 2. The van der Waals surface area contributed by atoms with Crippen LogP contribution in [0.5, 0.6) is 0 Å². The van der Waals surface area contributed by atoms with Crippen LogP contribution in [0.3, 0.4) is 0 Å². The van der Waals surface area contributed by atoms with E-state index < -0.39 is 0 Å². The molecule has 17 heavy (non-hydrogen) atoms. The largest absolute Gasteiger partial charge is 0.418 e. The van der Waals surface area contributed by atoms with Gasteiger partial charge in [0.25, 0.3) is 0 Å². The maximum Gasteiger partial charge on any atom is 0.210 e. The molecule has 0 atom stereocenters. The highest BCUT2D eigenvalue weighted by Crippen LogP contribution is 2.11.